The average Bonchev–Trinajstić information content (AvgIpc) is 3.57. The molecule has 1 heteroatoms. The first kappa shape index (κ1) is 31.7. The van der Waals surface area contributed by atoms with Crippen molar-refractivity contribution in [3.63, 3.8) is 0 Å². The summed E-state index contributed by atoms with van der Waals surface area (Å²) in [7, 11) is 0. The maximum Gasteiger partial charge on any atom is 0.0714 e. The molecule has 0 atom stereocenters. The molecule has 0 unspecified atom stereocenters. The van der Waals surface area contributed by atoms with Crippen LogP contribution in [0.3, 0.4) is 0 Å². The molecule has 9 aromatic rings. The molecule has 254 valence electrons. The summed E-state index contributed by atoms with van der Waals surface area (Å²) in [5.74, 6) is 0. The standard InChI is InChI=1S/C53H37N/c1-5-16-38(17-6-1)41-30-28-40-29-31-42(37-43(40)36-41)39-32-34-47(35-33-39)54(46-22-11-4-12-23-46)51-27-15-26-50-52(51)48-24-13-14-25-49(48)53(50,44-18-7-2-8-19-44)45-20-9-3-10-21-45/h1-37H. The molecule has 9 aromatic carbocycles. The number of benzene rings is 9. The summed E-state index contributed by atoms with van der Waals surface area (Å²) in [4.78, 5) is 2.43. The van der Waals surface area contributed by atoms with Crippen LogP contribution in [0.2, 0.25) is 0 Å². The highest BCUT2D eigenvalue weighted by atomic mass is 15.1. The van der Waals surface area contributed by atoms with Gasteiger partial charge in [0.1, 0.15) is 0 Å². The molecule has 54 heavy (non-hydrogen) atoms. The van der Waals surface area contributed by atoms with Crippen LogP contribution in [0.1, 0.15) is 22.3 Å². The first-order valence-electron chi connectivity index (χ1n) is 18.7. The van der Waals surface area contributed by atoms with Gasteiger partial charge in [-0.05, 0) is 103 Å². The molecule has 0 fully saturated rings. The summed E-state index contributed by atoms with van der Waals surface area (Å²) in [5, 5.41) is 2.48. The van der Waals surface area contributed by atoms with Crippen molar-refractivity contribution < 1.29 is 0 Å². The molecule has 0 aliphatic heterocycles. The number of hydrogen-bond acceptors (Lipinski definition) is 1. The molecule has 10 rings (SSSR count). The summed E-state index contributed by atoms with van der Waals surface area (Å²) in [6, 6.07) is 81.9. The predicted octanol–water partition coefficient (Wildman–Crippen LogP) is 14.0. The van der Waals surface area contributed by atoms with E-state index in [0.717, 1.165) is 17.1 Å². The van der Waals surface area contributed by atoms with Crippen LogP contribution >= 0.6 is 0 Å². The van der Waals surface area contributed by atoms with Crippen LogP contribution in [0.4, 0.5) is 17.1 Å². The highest BCUT2D eigenvalue weighted by Crippen LogP contribution is 2.59. The lowest BCUT2D eigenvalue weighted by molar-refractivity contribution is 0.768. The minimum Gasteiger partial charge on any atom is -0.310 e. The third-order valence-corrected chi connectivity index (χ3v) is 11.1. The first-order valence-corrected chi connectivity index (χ1v) is 18.7. The van der Waals surface area contributed by atoms with Crippen molar-refractivity contribution in [2.45, 2.75) is 5.41 Å². The molecule has 0 radical (unpaired) electrons. The van der Waals surface area contributed by atoms with Crippen LogP contribution < -0.4 is 4.90 Å². The second-order valence-electron chi connectivity index (χ2n) is 14.1. The van der Waals surface area contributed by atoms with E-state index in [4.69, 9.17) is 0 Å². The van der Waals surface area contributed by atoms with Crippen molar-refractivity contribution in [2.24, 2.45) is 0 Å². The molecule has 0 N–H and O–H groups in total. The van der Waals surface area contributed by atoms with E-state index in [1.807, 2.05) is 0 Å². The van der Waals surface area contributed by atoms with E-state index in [9.17, 15) is 0 Å². The zero-order valence-electron chi connectivity index (χ0n) is 29.8. The first-order chi connectivity index (χ1) is 26.8. The Balaban J connectivity index is 1.13. The van der Waals surface area contributed by atoms with E-state index in [0.29, 0.717) is 0 Å². The van der Waals surface area contributed by atoms with Crippen LogP contribution in [0.15, 0.2) is 224 Å². The number of rotatable bonds is 7. The monoisotopic (exact) mass is 687 g/mol. The molecular weight excluding hydrogens is 651 g/mol. The van der Waals surface area contributed by atoms with Gasteiger partial charge in [-0.25, -0.2) is 0 Å². The Morgan fingerprint density at radius 3 is 1.43 bits per heavy atom. The van der Waals surface area contributed by atoms with Gasteiger partial charge in [-0.3, -0.25) is 0 Å². The van der Waals surface area contributed by atoms with Gasteiger partial charge in [-0.15, -0.1) is 0 Å². The van der Waals surface area contributed by atoms with Crippen LogP contribution in [0, 0.1) is 0 Å². The van der Waals surface area contributed by atoms with Crippen molar-refractivity contribution in [3.8, 4) is 33.4 Å². The molecule has 1 aliphatic rings. The van der Waals surface area contributed by atoms with Gasteiger partial charge in [0, 0.05) is 16.9 Å². The van der Waals surface area contributed by atoms with Crippen molar-refractivity contribution in [2.75, 3.05) is 4.90 Å². The van der Waals surface area contributed by atoms with E-state index >= 15 is 0 Å². The fourth-order valence-corrected chi connectivity index (χ4v) is 8.70. The van der Waals surface area contributed by atoms with E-state index in [1.54, 1.807) is 0 Å². The third-order valence-electron chi connectivity index (χ3n) is 11.1. The zero-order chi connectivity index (χ0) is 35.9. The summed E-state index contributed by atoms with van der Waals surface area (Å²) >= 11 is 0. The van der Waals surface area contributed by atoms with Gasteiger partial charge in [-0.1, -0.05) is 182 Å². The van der Waals surface area contributed by atoms with E-state index < -0.39 is 5.41 Å². The predicted molar refractivity (Wildman–Crippen MR) is 227 cm³/mol. The van der Waals surface area contributed by atoms with E-state index in [2.05, 4.69) is 229 Å². The van der Waals surface area contributed by atoms with Gasteiger partial charge in [0.2, 0.25) is 0 Å². The van der Waals surface area contributed by atoms with Crippen molar-refractivity contribution in [1.29, 1.82) is 0 Å². The van der Waals surface area contributed by atoms with E-state index in [-0.39, 0.29) is 0 Å². The van der Waals surface area contributed by atoms with Crippen LogP contribution in [-0.4, -0.2) is 0 Å². The molecule has 0 spiro atoms. The second-order valence-corrected chi connectivity index (χ2v) is 14.1. The van der Waals surface area contributed by atoms with Gasteiger partial charge in [0.05, 0.1) is 11.1 Å². The lowest BCUT2D eigenvalue weighted by atomic mass is 9.68. The van der Waals surface area contributed by atoms with Gasteiger partial charge in [0.25, 0.3) is 0 Å². The Morgan fingerprint density at radius 2 is 0.796 bits per heavy atom. The van der Waals surface area contributed by atoms with Gasteiger partial charge >= 0.3 is 0 Å². The Morgan fingerprint density at radius 1 is 0.315 bits per heavy atom. The highest BCUT2D eigenvalue weighted by molar-refractivity contribution is 5.98. The molecule has 0 saturated heterocycles. The summed E-state index contributed by atoms with van der Waals surface area (Å²) in [6.07, 6.45) is 0. The summed E-state index contributed by atoms with van der Waals surface area (Å²) in [5.41, 5.74) is 15.4. The maximum absolute atomic E-state index is 2.43. The van der Waals surface area contributed by atoms with Crippen LogP contribution in [-0.2, 0) is 5.41 Å². The number of para-hydroxylation sites is 1. The van der Waals surface area contributed by atoms with Crippen molar-refractivity contribution in [1.82, 2.24) is 0 Å². The molecule has 1 nitrogen and oxygen atoms in total. The van der Waals surface area contributed by atoms with Crippen LogP contribution in [0.25, 0.3) is 44.2 Å². The Kier molecular flexibility index (Phi) is 7.78. The minimum atomic E-state index is -0.465. The molecule has 0 amide bonds. The Bertz CT molecular complexity index is 2700. The normalized spacial score (nSPS) is 12.6. The Hall–Kier alpha value is -6.96. The lowest BCUT2D eigenvalue weighted by Crippen LogP contribution is -2.28. The van der Waals surface area contributed by atoms with Crippen molar-refractivity contribution in [3.05, 3.63) is 247 Å². The zero-order valence-corrected chi connectivity index (χ0v) is 29.8. The van der Waals surface area contributed by atoms with Gasteiger partial charge in [-0.2, -0.15) is 0 Å². The molecule has 1 aliphatic carbocycles. The molecule has 0 heterocycles. The maximum atomic E-state index is 2.43. The minimum absolute atomic E-state index is 0.465. The van der Waals surface area contributed by atoms with Gasteiger partial charge in [0.15, 0.2) is 0 Å². The number of hydrogen-bond donors (Lipinski definition) is 0. The molecule has 0 bridgehead atoms. The van der Waals surface area contributed by atoms with Crippen molar-refractivity contribution >= 4 is 27.8 Å². The highest BCUT2D eigenvalue weighted by Gasteiger charge is 2.47. The SMILES string of the molecule is c1ccc(-c2ccc3ccc(-c4ccc(N(c5ccccc5)c5cccc6c5-c5ccccc5C6(c5ccccc5)c5ccccc5)cc4)cc3c2)cc1. The second kappa shape index (κ2) is 13.2. The average molecular weight is 688 g/mol. The summed E-state index contributed by atoms with van der Waals surface area (Å²) in [6.45, 7) is 0. The number of fused-ring (bicyclic) bond motifs is 4. The molecular formula is C53H37N. The topological polar surface area (TPSA) is 3.24 Å². The summed E-state index contributed by atoms with van der Waals surface area (Å²) < 4.78 is 0. The fraction of sp³-hybridized carbons (Fsp3) is 0.0189. The molecule has 0 aromatic heterocycles. The number of anilines is 3. The smallest absolute Gasteiger partial charge is 0.0714 e. The van der Waals surface area contributed by atoms with E-state index in [1.165, 1.54) is 66.4 Å². The van der Waals surface area contributed by atoms with Gasteiger partial charge < -0.3 is 4.90 Å². The number of nitrogens with zero attached hydrogens (tertiary/aromatic N) is 1. The third kappa shape index (κ3) is 5.17. The quantitative estimate of drug-likeness (QED) is 0.161. The Labute approximate surface area is 317 Å². The fourth-order valence-electron chi connectivity index (χ4n) is 8.70. The molecule has 0 saturated carbocycles. The lowest BCUT2D eigenvalue weighted by Gasteiger charge is -2.34. The van der Waals surface area contributed by atoms with Crippen LogP contribution in [0.5, 0.6) is 0 Å². The largest absolute Gasteiger partial charge is 0.310 e.